The minimum absolute atomic E-state index is 0.301. The molecule has 1 nitrogen and oxygen atoms in total. The van der Waals surface area contributed by atoms with Gasteiger partial charge in [-0.2, -0.15) is 0 Å². The van der Waals surface area contributed by atoms with Crippen LogP contribution < -0.4 is 0 Å². The number of benzene rings is 1. The van der Waals surface area contributed by atoms with E-state index in [4.69, 9.17) is 11.6 Å². The summed E-state index contributed by atoms with van der Waals surface area (Å²) in [7, 11) is 0. The summed E-state index contributed by atoms with van der Waals surface area (Å²) >= 11 is 7.66. The first-order valence-corrected chi connectivity index (χ1v) is 7.99. The third-order valence-corrected chi connectivity index (χ3v) is 5.42. The summed E-state index contributed by atoms with van der Waals surface area (Å²) in [5.41, 5.74) is 3.27. The fraction of sp³-hybridized carbons (Fsp3) is 0.533. The van der Waals surface area contributed by atoms with Crippen molar-refractivity contribution >= 4 is 28.6 Å². The van der Waals surface area contributed by atoms with Gasteiger partial charge in [0.1, 0.15) is 0 Å². The van der Waals surface area contributed by atoms with E-state index in [2.05, 4.69) is 6.92 Å². The zero-order valence-electron chi connectivity index (χ0n) is 10.5. The molecule has 2 aliphatic rings. The van der Waals surface area contributed by atoms with E-state index >= 15 is 0 Å². The molecule has 18 heavy (non-hydrogen) atoms. The van der Waals surface area contributed by atoms with E-state index < -0.39 is 0 Å². The number of aryl methyl sites for hydroxylation is 1. The van der Waals surface area contributed by atoms with Crippen LogP contribution in [0.1, 0.15) is 53.1 Å². The van der Waals surface area contributed by atoms with Crippen molar-refractivity contribution in [3.05, 3.63) is 28.8 Å². The number of hydrogen-bond donors (Lipinski definition) is 0. The molecule has 3 heteroatoms. The van der Waals surface area contributed by atoms with Gasteiger partial charge in [-0.05, 0) is 73.2 Å². The maximum absolute atomic E-state index is 11.6. The molecule has 0 spiro atoms. The van der Waals surface area contributed by atoms with Crippen LogP contribution in [-0.2, 0) is 0 Å². The number of rotatable bonds is 5. The third-order valence-electron chi connectivity index (χ3n) is 3.75. The number of halogens is 1. The molecule has 96 valence electrons. The SMILES string of the molecule is Cc1ccc(C(=O)Cl)c(C2CC2)c1SCC1CC1. The lowest BCUT2D eigenvalue weighted by Gasteiger charge is -2.14. The van der Waals surface area contributed by atoms with Gasteiger partial charge in [-0.25, -0.2) is 0 Å². The molecule has 0 heterocycles. The van der Waals surface area contributed by atoms with Crippen molar-refractivity contribution in [1.29, 1.82) is 0 Å². The second kappa shape index (κ2) is 4.90. The van der Waals surface area contributed by atoms with E-state index in [9.17, 15) is 4.79 Å². The van der Waals surface area contributed by atoms with Crippen LogP contribution in [-0.4, -0.2) is 11.0 Å². The van der Waals surface area contributed by atoms with Gasteiger partial charge in [0.2, 0.25) is 0 Å². The summed E-state index contributed by atoms with van der Waals surface area (Å²) in [6.45, 7) is 2.14. The van der Waals surface area contributed by atoms with Crippen LogP contribution in [0.2, 0.25) is 0 Å². The topological polar surface area (TPSA) is 17.1 Å². The monoisotopic (exact) mass is 280 g/mol. The Hall–Kier alpha value is -0.470. The molecule has 1 aromatic rings. The highest BCUT2D eigenvalue weighted by atomic mass is 35.5. The molecule has 2 saturated carbocycles. The van der Waals surface area contributed by atoms with Crippen molar-refractivity contribution in [2.45, 2.75) is 43.4 Å². The van der Waals surface area contributed by atoms with Crippen molar-refractivity contribution in [3.63, 3.8) is 0 Å². The Balaban J connectivity index is 1.96. The number of carbonyl (C=O) groups is 1. The van der Waals surface area contributed by atoms with Crippen LogP contribution in [0.5, 0.6) is 0 Å². The minimum atomic E-state index is -0.301. The zero-order chi connectivity index (χ0) is 12.7. The maximum Gasteiger partial charge on any atom is 0.252 e. The van der Waals surface area contributed by atoms with Crippen LogP contribution in [0.25, 0.3) is 0 Å². The highest BCUT2D eigenvalue weighted by Crippen LogP contribution is 2.48. The van der Waals surface area contributed by atoms with E-state index in [1.165, 1.54) is 47.5 Å². The van der Waals surface area contributed by atoms with Crippen molar-refractivity contribution in [3.8, 4) is 0 Å². The molecule has 3 rings (SSSR count). The van der Waals surface area contributed by atoms with Gasteiger partial charge in [0.05, 0.1) is 0 Å². The van der Waals surface area contributed by atoms with Gasteiger partial charge < -0.3 is 0 Å². The predicted octanol–water partition coefficient (Wildman–Crippen LogP) is 4.75. The Morgan fingerprint density at radius 1 is 1.33 bits per heavy atom. The fourth-order valence-corrected chi connectivity index (χ4v) is 3.96. The molecular formula is C15H17ClOS. The summed E-state index contributed by atoms with van der Waals surface area (Å²) in [5, 5.41) is -0.301. The first-order valence-electron chi connectivity index (χ1n) is 6.63. The molecular weight excluding hydrogens is 264 g/mol. The Morgan fingerprint density at radius 2 is 2.06 bits per heavy atom. The van der Waals surface area contributed by atoms with E-state index in [1.54, 1.807) is 0 Å². The van der Waals surface area contributed by atoms with Crippen LogP contribution in [0.3, 0.4) is 0 Å². The van der Waals surface area contributed by atoms with Crippen LogP contribution in [0, 0.1) is 12.8 Å². The van der Waals surface area contributed by atoms with E-state index in [0.717, 1.165) is 11.5 Å². The Bertz CT molecular complexity index is 490. The average Bonchev–Trinajstić information content (AvgIpc) is 3.19. The number of hydrogen-bond acceptors (Lipinski definition) is 2. The van der Waals surface area contributed by atoms with E-state index in [0.29, 0.717) is 5.92 Å². The molecule has 2 fully saturated rings. The van der Waals surface area contributed by atoms with Crippen LogP contribution in [0.4, 0.5) is 0 Å². The molecule has 0 aromatic heterocycles. The first-order chi connectivity index (χ1) is 8.66. The highest BCUT2D eigenvalue weighted by molar-refractivity contribution is 7.99. The molecule has 0 radical (unpaired) electrons. The molecule has 0 atom stereocenters. The molecule has 0 aliphatic heterocycles. The molecule has 0 amide bonds. The minimum Gasteiger partial charge on any atom is -0.276 e. The van der Waals surface area contributed by atoms with Crippen molar-refractivity contribution < 1.29 is 4.79 Å². The smallest absolute Gasteiger partial charge is 0.252 e. The lowest BCUT2D eigenvalue weighted by molar-refractivity contribution is 0.108. The number of carbonyl (C=O) groups excluding carboxylic acids is 1. The summed E-state index contributed by atoms with van der Waals surface area (Å²) in [6, 6.07) is 3.94. The van der Waals surface area contributed by atoms with Gasteiger partial charge in [-0.3, -0.25) is 4.79 Å². The average molecular weight is 281 g/mol. The molecule has 0 unspecified atom stereocenters. The van der Waals surface area contributed by atoms with Gasteiger partial charge in [-0.1, -0.05) is 6.07 Å². The Labute approximate surface area is 117 Å². The molecule has 1 aromatic carbocycles. The van der Waals surface area contributed by atoms with Crippen molar-refractivity contribution in [2.24, 2.45) is 5.92 Å². The molecule has 0 bridgehead atoms. The lowest BCUT2D eigenvalue weighted by Crippen LogP contribution is -2.01. The fourth-order valence-electron chi connectivity index (χ4n) is 2.33. The van der Waals surface area contributed by atoms with Gasteiger partial charge in [0.15, 0.2) is 0 Å². The Kier molecular flexibility index (Phi) is 3.42. The van der Waals surface area contributed by atoms with Crippen LogP contribution in [0.15, 0.2) is 17.0 Å². The van der Waals surface area contributed by atoms with Gasteiger partial charge in [0.25, 0.3) is 5.24 Å². The molecule has 0 N–H and O–H groups in total. The quantitative estimate of drug-likeness (QED) is 0.572. The van der Waals surface area contributed by atoms with Gasteiger partial charge >= 0.3 is 0 Å². The summed E-state index contributed by atoms with van der Waals surface area (Å²) < 4.78 is 0. The largest absolute Gasteiger partial charge is 0.276 e. The van der Waals surface area contributed by atoms with Gasteiger partial charge in [0, 0.05) is 16.2 Å². The predicted molar refractivity (Wildman–Crippen MR) is 76.8 cm³/mol. The zero-order valence-corrected chi connectivity index (χ0v) is 12.1. The molecule has 0 saturated heterocycles. The first kappa shape index (κ1) is 12.6. The van der Waals surface area contributed by atoms with Crippen molar-refractivity contribution in [1.82, 2.24) is 0 Å². The summed E-state index contributed by atoms with van der Waals surface area (Å²) in [6.07, 6.45) is 5.16. The van der Waals surface area contributed by atoms with E-state index in [-0.39, 0.29) is 5.24 Å². The number of thioether (sulfide) groups is 1. The highest BCUT2D eigenvalue weighted by Gasteiger charge is 2.32. The second-order valence-corrected chi connectivity index (χ2v) is 6.85. The normalized spacial score (nSPS) is 19.0. The summed E-state index contributed by atoms with van der Waals surface area (Å²) in [5.74, 6) is 2.67. The lowest BCUT2D eigenvalue weighted by atomic mass is 10.0. The third kappa shape index (κ3) is 2.60. The second-order valence-electron chi connectivity index (χ2n) is 5.48. The van der Waals surface area contributed by atoms with Crippen LogP contribution >= 0.6 is 23.4 Å². The molecule has 2 aliphatic carbocycles. The van der Waals surface area contributed by atoms with E-state index in [1.807, 2.05) is 23.9 Å². The van der Waals surface area contributed by atoms with Crippen molar-refractivity contribution in [2.75, 3.05) is 5.75 Å². The van der Waals surface area contributed by atoms with Gasteiger partial charge in [-0.15, -0.1) is 11.8 Å². The summed E-state index contributed by atoms with van der Waals surface area (Å²) in [4.78, 5) is 12.9. The maximum atomic E-state index is 11.6. The standard InChI is InChI=1S/C15H17ClOS/c1-9-2-7-12(15(16)17)13(11-5-6-11)14(9)18-8-10-3-4-10/h2,7,10-11H,3-6,8H2,1H3. The Morgan fingerprint density at radius 3 is 2.61 bits per heavy atom.